The third kappa shape index (κ3) is 8.68. The first kappa shape index (κ1) is 15.4. The molecule has 0 fully saturated rings. The van der Waals surface area contributed by atoms with Gasteiger partial charge in [-0.2, -0.15) is 0 Å². The fourth-order valence-corrected chi connectivity index (χ4v) is 1.25. The van der Waals surface area contributed by atoms with Crippen molar-refractivity contribution in [2.45, 2.75) is 52.2 Å². The van der Waals surface area contributed by atoms with Gasteiger partial charge in [0, 0.05) is 13.1 Å². The van der Waals surface area contributed by atoms with Crippen LogP contribution >= 0.6 is 0 Å². The number of nitrogens with zero attached hydrogens (tertiary/aromatic N) is 1. The first-order valence-corrected chi connectivity index (χ1v) is 5.83. The molecule has 0 saturated heterocycles. The van der Waals surface area contributed by atoms with E-state index in [0.717, 1.165) is 6.42 Å². The highest BCUT2D eigenvalue weighted by Crippen LogP contribution is 2.08. The zero-order valence-electron chi connectivity index (χ0n) is 11.1. The average Bonchev–Trinajstić information content (AvgIpc) is 2.12. The number of aliphatic hydroxyl groups excluding tert-OH is 1. The number of hydrogen-bond donors (Lipinski definition) is 1. The van der Waals surface area contributed by atoms with Crippen molar-refractivity contribution >= 4 is 5.97 Å². The highest BCUT2D eigenvalue weighted by molar-refractivity contribution is 5.70. The second kappa shape index (κ2) is 6.86. The number of aliphatic hydroxyl groups is 1. The smallest absolute Gasteiger partial charge is 0.307 e. The van der Waals surface area contributed by atoms with Gasteiger partial charge < -0.3 is 14.7 Å². The van der Waals surface area contributed by atoms with Crippen LogP contribution in [0.1, 0.15) is 40.5 Å². The van der Waals surface area contributed by atoms with Crippen LogP contribution in [0.25, 0.3) is 0 Å². The molecule has 0 spiro atoms. The van der Waals surface area contributed by atoms with Crippen LogP contribution in [0.3, 0.4) is 0 Å². The quantitative estimate of drug-likeness (QED) is 0.702. The molecule has 0 aliphatic carbocycles. The minimum Gasteiger partial charge on any atom is -0.460 e. The van der Waals surface area contributed by atoms with E-state index < -0.39 is 5.60 Å². The first-order chi connectivity index (χ1) is 7.24. The summed E-state index contributed by atoms with van der Waals surface area (Å²) in [5, 5.41) is 9.42. The van der Waals surface area contributed by atoms with Crippen LogP contribution in [0.5, 0.6) is 0 Å². The van der Waals surface area contributed by atoms with E-state index in [9.17, 15) is 9.90 Å². The Hall–Kier alpha value is -0.610. The van der Waals surface area contributed by atoms with Gasteiger partial charge in [-0.15, -0.1) is 0 Å². The lowest BCUT2D eigenvalue weighted by atomic mass is 10.2. The molecule has 0 bridgehead atoms. The van der Waals surface area contributed by atoms with Gasteiger partial charge in [0.05, 0.1) is 12.5 Å². The van der Waals surface area contributed by atoms with Gasteiger partial charge in [-0.3, -0.25) is 4.79 Å². The van der Waals surface area contributed by atoms with Crippen LogP contribution in [-0.4, -0.2) is 47.8 Å². The van der Waals surface area contributed by atoms with E-state index in [4.69, 9.17) is 4.74 Å². The highest BCUT2D eigenvalue weighted by Gasteiger charge is 2.16. The topological polar surface area (TPSA) is 49.8 Å². The molecule has 4 nitrogen and oxygen atoms in total. The Kier molecular flexibility index (Phi) is 6.60. The van der Waals surface area contributed by atoms with Gasteiger partial charge in [-0.1, -0.05) is 6.92 Å². The second-order valence-electron chi connectivity index (χ2n) is 5.16. The van der Waals surface area contributed by atoms with Crippen LogP contribution < -0.4 is 0 Å². The molecular weight excluding hydrogens is 206 g/mol. The number of ether oxygens (including phenoxy) is 1. The lowest BCUT2D eigenvalue weighted by Crippen LogP contribution is -2.32. The maximum Gasteiger partial charge on any atom is 0.307 e. The van der Waals surface area contributed by atoms with Crippen molar-refractivity contribution < 1.29 is 14.6 Å². The molecule has 1 unspecified atom stereocenters. The summed E-state index contributed by atoms with van der Waals surface area (Å²) >= 11 is 0. The molecule has 0 heterocycles. The molecule has 0 aromatic heterocycles. The van der Waals surface area contributed by atoms with Gasteiger partial charge in [-0.05, 0) is 34.2 Å². The largest absolute Gasteiger partial charge is 0.460 e. The number of esters is 1. The summed E-state index contributed by atoms with van der Waals surface area (Å²) in [6, 6.07) is 0. The van der Waals surface area contributed by atoms with Crippen LogP contribution in [0.2, 0.25) is 0 Å². The number of hydrogen-bond acceptors (Lipinski definition) is 4. The maximum absolute atomic E-state index is 11.4. The van der Waals surface area contributed by atoms with Crippen molar-refractivity contribution in [3.8, 4) is 0 Å². The van der Waals surface area contributed by atoms with Crippen molar-refractivity contribution in [1.82, 2.24) is 4.90 Å². The third-order valence-electron chi connectivity index (χ3n) is 2.11. The van der Waals surface area contributed by atoms with Crippen molar-refractivity contribution in [2.24, 2.45) is 0 Å². The fraction of sp³-hybridized carbons (Fsp3) is 0.917. The summed E-state index contributed by atoms with van der Waals surface area (Å²) in [4.78, 5) is 13.3. The molecule has 96 valence electrons. The normalized spacial score (nSPS) is 13.9. The fourth-order valence-electron chi connectivity index (χ4n) is 1.25. The molecule has 0 aliphatic heterocycles. The molecular formula is C12H25NO3. The Morgan fingerprint density at radius 2 is 2.00 bits per heavy atom. The van der Waals surface area contributed by atoms with Crippen LogP contribution in [0.4, 0.5) is 0 Å². The molecule has 0 aromatic carbocycles. The molecule has 0 amide bonds. The monoisotopic (exact) mass is 231 g/mol. The molecule has 0 aromatic rings. The SMILES string of the molecule is CCC(O)CN(C)CCC(=O)OC(C)(C)C. The van der Waals surface area contributed by atoms with E-state index in [0.29, 0.717) is 19.5 Å². The van der Waals surface area contributed by atoms with Crippen LogP contribution in [-0.2, 0) is 9.53 Å². The summed E-state index contributed by atoms with van der Waals surface area (Å²) in [5.41, 5.74) is -0.418. The van der Waals surface area contributed by atoms with E-state index >= 15 is 0 Å². The molecule has 0 radical (unpaired) electrons. The number of rotatable bonds is 6. The predicted molar refractivity (Wildman–Crippen MR) is 64.3 cm³/mol. The molecule has 0 saturated carbocycles. The molecule has 0 rings (SSSR count). The Balaban J connectivity index is 3.75. The van der Waals surface area contributed by atoms with E-state index in [2.05, 4.69) is 0 Å². The summed E-state index contributed by atoms with van der Waals surface area (Å²) in [6.07, 6.45) is 0.782. The minimum atomic E-state index is -0.418. The van der Waals surface area contributed by atoms with E-state index in [1.54, 1.807) is 0 Å². The van der Waals surface area contributed by atoms with Gasteiger partial charge >= 0.3 is 5.97 Å². The number of carbonyl (C=O) groups excluding carboxylic acids is 1. The summed E-state index contributed by atoms with van der Waals surface area (Å²) in [5.74, 6) is -0.190. The summed E-state index contributed by atoms with van der Waals surface area (Å²) < 4.78 is 5.19. The van der Waals surface area contributed by atoms with Crippen LogP contribution in [0, 0.1) is 0 Å². The predicted octanol–water partition coefficient (Wildman–Crippen LogP) is 1.42. The molecule has 1 atom stereocenters. The van der Waals surface area contributed by atoms with Crippen molar-refractivity contribution in [3.05, 3.63) is 0 Å². The van der Waals surface area contributed by atoms with E-state index in [1.807, 2.05) is 39.6 Å². The van der Waals surface area contributed by atoms with Gasteiger partial charge in [-0.25, -0.2) is 0 Å². The Morgan fingerprint density at radius 1 is 1.44 bits per heavy atom. The highest BCUT2D eigenvalue weighted by atomic mass is 16.6. The van der Waals surface area contributed by atoms with Gasteiger partial charge in [0.1, 0.15) is 5.60 Å². The minimum absolute atomic E-state index is 0.190. The zero-order chi connectivity index (χ0) is 12.8. The molecule has 0 aliphatic rings. The second-order valence-corrected chi connectivity index (χ2v) is 5.16. The van der Waals surface area contributed by atoms with Crippen molar-refractivity contribution in [1.29, 1.82) is 0 Å². The van der Waals surface area contributed by atoms with Crippen LogP contribution in [0.15, 0.2) is 0 Å². The van der Waals surface area contributed by atoms with Gasteiger partial charge in [0.25, 0.3) is 0 Å². The number of likely N-dealkylation sites (N-methyl/N-ethyl adjacent to an activating group) is 1. The maximum atomic E-state index is 11.4. The van der Waals surface area contributed by atoms with Gasteiger partial charge in [0.2, 0.25) is 0 Å². The molecule has 4 heteroatoms. The van der Waals surface area contributed by atoms with Gasteiger partial charge in [0.15, 0.2) is 0 Å². The lowest BCUT2D eigenvalue weighted by Gasteiger charge is -2.22. The Morgan fingerprint density at radius 3 is 2.44 bits per heavy atom. The summed E-state index contributed by atoms with van der Waals surface area (Å²) in [6.45, 7) is 8.72. The average molecular weight is 231 g/mol. The lowest BCUT2D eigenvalue weighted by molar-refractivity contribution is -0.155. The number of carbonyl (C=O) groups is 1. The van der Waals surface area contributed by atoms with Crippen molar-refractivity contribution in [2.75, 3.05) is 20.1 Å². The molecule has 16 heavy (non-hydrogen) atoms. The first-order valence-electron chi connectivity index (χ1n) is 5.83. The third-order valence-corrected chi connectivity index (χ3v) is 2.11. The Labute approximate surface area is 98.6 Å². The van der Waals surface area contributed by atoms with Crippen molar-refractivity contribution in [3.63, 3.8) is 0 Å². The van der Waals surface area contributed by atoms with E-state index in [1.165, 1.54) is 0 Å². The summed E-state index contributed by atoms with van der Waals surface area (Å²) in [7, 11) is 1.89. The standard InChI is InChI=1S/C12H25NO3/c1-6-10(14)9-13(5)8-7-11(15)16-12(2,3)4/h10,14H,6-9H2,1-5H3. The Bertz CT molecular complexity index is 211. The molecule has 1 N–H and O–H groups in total. The zero-order valence-corrected chi connectivity index (χ0v) is 11.1. The van der Waals surface area contributed by atoms with E-state index in [-0.39, 0.29) is 12.1 Å².